The number of hydrogen-bond acceptors (Lipinski definition) is 2. The van der Waals surface area contributed by atoms with Gasteiger partial charge >= 0.3 is 0 Å². The van der Waals surface area contributed by atoms with E-state index in [1.54, 1.807) is 14.2 Å². The molecule has 0 bridgehead atoms. The van der Waals surface area contributed by atoms with Gasteiger partial charge in [-0.15, -0.1) is 0 Å². The summed E-state index contributed by atoms with van der Waals surface area (Å²) in [6.07, 6.45) is 0. The maximum atomic E-state index is 4.66. The summed E-state index contributed by atoms with van der Waals surface area (Å²) in [6.45, 7) is 1.38. The fourth-order valence-electron chi connectivity index (χ4n) is 0.167. The molecule has 0 saturated carbocycles. The summed E-state index contributed by atoms with van der Waals surface area (Å²) in [6, 6.07) is 0. The van der Waals surface area contributed by atoms with Gasteiger partial charge in [-0.1, -0.05) is 0 Å². The average Bonchev–Trinajstić information content (AvgIpc) is 1.61. The second-order valence-corrected chi connectivity index (χ2v) is 0.986. The van der Waals surface area contributed by atoms with Crippen molar-refractivity contribution < 1.29 is 29.0 Å². The van der Waals surface area contributed by atoms with Crippen LogP contribution in [0.5, 0.6) is 0 Å². The van der Waals surface area contributed by atoms with Gasteiger partial charge in [-0.05, 0) is 0 Å². The molecule has 2 nitrogen and oxygen atoms in total. The van der Waals surface area contributed by atoms with E-state index in [1.165, 1.54) is 0 Å². The van der Waals surface area contributed by atoms with Gasteiger partial charge in [-0.2, -0.15) is 0 Å². The molecule has 0 radical (unpaired) electrons. The molecule has 0 fully saturated rings. The summed E-state index contributed by atoms with van der Waals surface area (Å²) in [5.41, 5.74) is 0. The fraction of sp³-hybridized carbons (Fsp3) is 1.00. The molecule has 0 N–H and O–H groups in total. The summed E-state index contributed by atoms with van der Waals surface area (Å²) in [5, 5.41) is 0. The molecule has 0 aromatic carbocycles. The van der Waals surface area contributed by atoms with E-state index in [1.807, 2.05) is 0 Å². The van der Waals surface area contributed by atoms with Crippen LogP contribution in [0.15, 0.2) is 0 Å². The van der Waals surface area contributed by atoms with E-state index in [4.69, 9.17) is 0 Å². The predicted octanol–water partition coefficient (Wildman–Crippen LogP) is 0.277. The second-order valence-electron chi connectivity index (χ2n) is 0.986. The zero-order chi connectivity index (χ0) is 4.83. The van der Waals surface area contributed by atoms with Crippen molar-refractivity contribution in [3.63, 3.8) is 0 Å². The van der Waals surface area contributed by atoms with E-state index >= 15 is 0 Å². The van der Waals surface area contributed by atoms with Crippen LogP contribution in [-0.2, 0) is 29.0 Å². The quantitative estimate of drug-likeness (QED) is 0.471. The topological polar surface area (TPSA) is 18.5 Å². The Morgan fingerprint density at radius 2 is 1.29 bits per heavy atom. The number of ether oxygens (including phenoxy) is 2. The van der Waals surface area contributed by atoms with E-state index in [-0.39, 0.29) is 19.5 Å². The Bertz CT molecular complexity index is 21.7. The van der Waals surface area contributed by atoms with Gasteiger partial charge in [0, 0.05) is 33.7 Å². The van der Waals surface area contributed by atoms with Crippen molar-refractivity contribution >= 4 is 0 Å². The van der Waals surface area contributed by atoms with Gasteiger partial charge in [0.2, 0.25) is 0 Å². The number of hydrogen-bond donors (Lipinski definition) is 0. The first kappa shape index (κ1) is 10.5. The van der Waals surface area contributed by atoms with Gasteiger partial charge in [0.25, 0.3) is 0 Å². The molecule has 0 aliphatic heterocycles. The Hall–Kier alpha value is 0.543. The molecule has 0 aromatic heterocycles. The van der Waals surface area contributed by atoms with Gasteiger partial charge in [0.1, 0.15) is 0 Å². The zero-order valence-corrected chi connectivity index (χ0v) is 6.32. The summed E-state index contributed by atoms with van der Waals surface area (Å²) < 4.78 is 9.31. The van der Waals surface area contributed by atoms with Gasteiger partial charge in [0.15, 0.2) is 0 Å². The third-order valence-corrected chi connectivity index (χ3v) is 0.492. The van der Waals surface area contributed by atoms with Crippen LogP contribution < -0.4 is 0 Å². The number of methoxy groups -OCH3 is 2. The van der Waals surface area contributed by atoms with Crippen molar-refractivity contribution in [1.82, 2.24) is 0 Å². The Morgan fingerprint density at radius 3 is 1.43 bits per heavy atom. The van der Waals surface area contributed by atoms with E-state index in [9.17, 15) is 0 Å². The minimum Gasteiger partial charge on any atom is -0.382 e. The standard InChI is InChI=1S/C4H10O2.Ru/c1-5-3-4-6-2;/h3-4H2,1-2H3;. The first-order valence-corrected chi connectivity index (χ1v) is 1.89. The van der Waals surface area contributed by atoms with Gasteiger partial charge in [-0.25, -0.2) is 0 Å². The zero-order valence-electron chi connectivity index (χ0n) is 4.58. The van der Waals surface area contributed by atoms with Crippen LogP contribution >= 0.6 is 0 Å². The van der Waals surface area contributed by atoms with Crippen LogP contribution in [0.3, 0.4) is 0 Å². The normalized spacial score (nSPS) is 7.71. The minimum absolute atomic E-state index is 0. The van der Waals surface area contributed by atoms with Gasteiger partial charge in [-0.3, -0.25) is 0 Å². The summed E-state index contributed by atoms with van der Waals surface area (Å²) in [5.74, 6) is 0. The summed E-state index contributed by atoms with van der Waals surface area (Å²) >= 11 is 0. The second kappa shape index (κ2) is 9.74. The fourth-order valence-corrected chi connectivity index (χ4v) is 0.167. The minimum atomic E-state index is 0. The van der Waals surface area contributed by atoms with Gasteiger partial charge in [0.05, 0.1) is 13.2 Å². The molecule has 0 aliphatic rings. The van der Waals surface area contributed by atoms with Gasteiger partial charge < -0.3 is 9.47 Å². The first-order chi connectivity index (χ1) is 2.91. The molecule has 0 amide bonds. The molecule has 0 unspecified atom stereocenters. The Labute approximate surface area is 56.9 Å². The molecule has 0 aromatic rings. The predicted molar refractivity (Wildman–Crippen MR) is 23.8 cm³/mol. The summed E-state index contributed by atoms with van der Waals surface area (Å²) in [4.78, 5) is 0. The van der Waals surface area contributed by atoms with Crippen molar-refractivity contribution in [3.05, 3.63) is 0 Å². The van der Waals surface area contributed by atoms with E-state index < -0.39 is 0 Å². The Balaban J connectivity index is 0. The summed E-state index contributed by atoms with van der Waals surface area (Å²) in [7, 11) is 3.30. The molecule has 0 rings (SSSR count). The molecular formula is C4H10O2Ru. The Morgan fingerprint density at radius 1 is 1.00 bits per heavy atom. The average molecular weight is 191 g/mol. The van der Waals surface area contributed by atoms with Crippen LogP contribution in [0, 0.1) is 0 Å². The SMILES string of the molecule is COCCOC.[Ru]. The van der Waals surface area contributed by atoms with Crippen molar-refractivity contribution in [2.24, 2.45) is 0 Å². The smallest absolute Gasteiger partial charge is 0.0696 e. The molecule has 0 aliphatic carbocycles. The van der Waals surface area contributed by atoms with Crippen molar-refractivity contribution in [2.45, 2.75) is 0 Å². The third kappa shape index (κ3) is 10.8. The van der Waals surface area contributed by atoms with Crippen molar-refractivity contribution in [2.75, 3.05) is 27.4 Å². The van der Waals surface area contributed by atoms with Crippen LogP contribution in [0.1, 0.15) is 0 Å². The molecule has 7 heavy (non-hydrogen) atoms. The van der Waals surface area contributed by atoms with Crippen molar-refractivity contribution in [1.29, 1.82) is 0 Å². The molecule has 0 saturated heterocycles. The van der Waals surface area contributed by atoms with Crippen LogP contribution in [0.4, 0.5) is 0 Å². The maximum absolute atomic E-state index is 4.66. The molecule has 0 heterocycles. The molecule has 0 spiro atoms. The van der Waals surface area contributed by atoms with E-state index in [2.05, 4.69) is 9.47 Å². The van der Waals surface area contributed by atoms with Crippen molar-refractivity contribution in [3.8, 4) is 0 Å². The third-order valence-electron chi connectivity index (χ3n) is 0.492. The van der Waals surface area contributed by atoms with Crippen LogP contribution in [-0.4, -0.2) is 27.4 Å². The van der Waals surface area contributed by atoms with E-state index in [0.29, 0.717) is 13.2 Å². The molecule has 3 heteroatoms. The molecular weight excluding hydrogens is 181 g/mol. The largest absolute Gasteiger partial charge is 0.382 e. The Kier molecular flexibility index (Phi) is 14.6. The van der Waals surface area contributed by atoms with E-state index in [0.717, 1.165) is 0 Å². The number of rotatable bonds is 3. The van der Waals surface area contributed by atoms with Crippen LogP contribution in [0.25, 0.3) is 0 Å². The monoisotopic (exact) mass is 192 g/mol. The molecule has 46 valence electrons. The molecule has 0 atom stereocenters. The maximum Gasteiger partial charge on any atom is 0.0696 e. The first-order valence-electron chi connectivity index (χ1n) is 1.89. The van der Waals surface area contributed by atoms with Crippen LogP contribution in [0.2, 0.25) is 0 Å².